The molecule has 1 heterocycles. The van der Waals surface area contributed by atoms with Gasteiger partial charge in [-0.15, -0.1) is 0 Å². The van der Waals surface area contributed by atoms with E-state index in [9.17, 15) is 0 Å². The van der Waals surface area contributed by atoms with E-state index in [1.807, 2.05) is 18.2 Å². The van der Waals surface area contributed by atoms with Crippen molar-refractivity contribution in [1.82, 2.24) is 0 Å². The zero-order valence-electron chi connectivity index (χ0n) is 8.06. The first kappa shape index (κ1) is 8.45. The van der Waals surface area contributed by atoms with Crippen LogP contribution in [0.15, 0.2) is 30.3 Å². The Labute approximate surface area is 83.8 Å². The summed E-state index contributed by atoms with van der Waals surface area (Å²) in [5.74, 6) is 0. The highest BCUT2D eigenvalue weighted by molar-refractivity contribution is 5.13. The van der Waals surface area contributed by atoms with Gasteiger partial charge in [-0.05, 0) is 18.4 Å². The number of hydrogen-bond donors (Lipinski definition) is 0. The van der Waals surface area contributed by atoms with Crippen LogP contribution in [0.25, 0.3) is 0 Å². The molecule has 74 valence electrons. The Morgan fingerprint density at radius 1 is 1.21 bits per heavy atom. The second kappa shape index (κ2) is 3.37. The van der Waals surface area contributed by atoms with E-state index >= 15 is 0 Å². The summed E-state index contributed by atoms with van der Waals surface area (Å²) in [4.78, 5) is 0. The minimum absolute atomic E-state index is 0.347. The predicted octanol–water partition coefficient (Wildman–Crippen LogP) is 2.13. The number of benzene rings is 1. The van der Waals surface area contributed by atoms with Gasteiger partial charge >= 0.3 is 0 Å². The van der Waals surface area contributed by atoms with Crippen molar-refractivity contribution in [2.24, 2.45) is 0 Å². The van der Waals surface area contributed by atoms with Gasteiger partial charge in [0.25, 0.3) is 0 Å². The van der Waals surface area contributed by atoms with Crippen molar-refractivity contribution in [3.8, 4) is 0 Å². The van der Waals surface area contributed by atoms with Crippen LogP contribution in [-0.4, -0.2) is 18.3 Å². The van der Waals surface area contributed by atoms with Gasteiger partial charge in [0.2, 0.25) is 0 Å². The normalized spacial score (nSPS) is 34.1. The standard InChI is InChI=1S/C12H14O2/c1-2-4-9(5-3-1)8-13-10-6-7-11-12(10)14-11/h1-5,10-12H,6-8H2/t10-,11+,12-/m0/s1. The lowest BCUT2D eigenvalue weighted by Gasteiger charge is -2.11. The van der Waals surface area contributed by atoms with Crippen LogP contribution in [0, 0.1) is 0 Å². The van der Waals surface area contributed by atoms with Gasteiger partial charge in [-0.1, -0.05) is 30.3 Å². The Bertz CT molecular complexity index is 309. The number of ether oxygens (including phenoxy) is 2. The molecule has 2 fully saturated rings. The van der Waals surface area contributed by atoms with Crippen LogP contribution in [0.4, 0.5) is 0 Å². The minimum atomic E-state index is 0.347. The van der Waals surface area contributed by atoms with E-state index in [4.69, 9.17) is 9.47 Å². The van der Waals surface area contributed by atoms with Crippen LogP contribution in [0.2, 0.25) is 0 Å². The predicted molar refractivity (Wildman–Crippen MR) is 52.9 cm³/mol. The first-order chi connectivity index (χ1) is 6.93. The average Bonchev–Trinajstić information content (AvgIpc) is 2.92. The Morgan fingerprint density at radius 3 is 2.71 bits per heavy atom. The van der Waals surface area contributed by atoms with Gasteiger partial charge in [0, 0.05) is 0 Å². The van der Waals surface area contributed by atoms with Crippen molar-refractivity contribution in [2.45, 2.75) is 37.8 Å². The molecule has 0 unspecified atom stereocenters. The average molecular weight is 190 g/mol. The summed E-state index contributed by atoms with van der Waals surface area (Å²) in [6, 6.07) is 10.3. The minimum Gasteiger partial charge on any atom is -0.371 e. The van der Waals surface area contributed by atoms with Gasteiger partial charge in [0.15, 0.2) is 0 Å². The van der Waals surface area contributed by atoms with Crippen LogP contribution in [0.1, 0.15) is 18.4 Å². The fraction of sp³-hybridized carbons (Fsp3) is 0.500. The van der Waals surface area contributed by atoms with E-state index in [0.29, 0.717) is 18.3 Å². The molecule has 0 amide bonds. The van der Waals surface area contributed by atoms with Crippen LogP contribution in [0.3, 0.4) is 0 Å². The molecule has 1 saturated heterocycles. The van der Waals surface area contributed by atoms with Gasteiger partial charge < -0.3 is 9.47 Å². The summed E-state index contributed by atoms with van der Waals surface area (Å²) in [5.41, 5.74) is 1.25. The maximum Gasteiger partial charge on any atom is 0.110 e. The molecular formula is C12H14O2. The van der Waals surface area contributed by atoms with E-state index in [-0.39, 0.29) is 0 Å². The van der Waals surface area contributed by atoms with Crippen LogP contribution in [-0.2, 0) is 16.1 Å². The lowest BCUT2D eigenvalue weighted by atomic mass is 10.2. The zero-order chi connectivity index (χ0) is 9.38. The molecule has 0 N–H and O–H groups in total. The molecule has 3 rings (SSSR count). The summed E-state index contributed by atoms with van der Waals surface area (Å²) in [6.07, 6.45) is 3.64. The topological polar surface area (TPSA) is 21.8 Å². The van der Waals surface area contributed by atoms with Crippen molar-refractivity contribution >= 4 is 0 Å². The maximum atomic E-state index is 5.82. The number of rotatable bonds is 3. The zero-order valence-corrected chi connectivity index (χ0v) is 8.06. The summed E-state index contributed by atoms with van der Waals surface area (Å²) in [6.45, 7) is 0.720. The lowest BCUT2D eigenvalue weighted by molar-refractivity contribution is 0.0160. The number of fused-ring (bicyclic) bond motifs is 1. The Morgan fingerprint density at radius 2 is 2.07 bits per heavy atom. The van der Waals surface area contributed by atoms with Crippen LogP contribution >= 0.6 is 0 Å². The molecule has 2 nitrogen and oxygen atoms in total. The second-order valence-electron chi connectivity index (χ2n) is 4.05. The first-order valence-corrected chi connectivity index (χ1v) is 5.24. The molecule has 14 heavy (non-hydrogen) atoms. The van der Waals surface area contributed by atoms with E-state index in [2.05, 4.69) is 12.1 Å². The third-order valence-electron chi connectivity index (χ3n) is 3.03. The smallest absolute Gasteiger partial charge is 0.110 e. The van der Waals surface area contributed by atoms with Gasteiger partial charge in [-0.2, -0.15) is 0 Å². The molecule has 0 radical (unpaired) electrons. The van der Waals surface area contributed by atoms with Gasteiger partial charge in [0.1, 0.15) is 6.10 Å². The van der Waals surface area contributed by atoms with Gasteiger partial charge in [-0.25, -0.2) is 0 Å². The van der Waals surface area contributed by atoms with Gasteiger partial charge in [-0.3, -0.25) is 0 Å². The lowest BCUT2D eigenvalue weighted by Crippen LogP contribution is -2.15. The van der Waals surface area contributed by atoms with Crippen molar-refractivity contribution in [3.05, 3.63) is 35.9 Å². The summed E-state index contributed by atoms with van der Waals surface area (Å²) in [5, 5.41) is 0. The molecular weight excluding hydrogens is 176 g/mol. The molecule has 0 spiro atoms. The Kier molecular flexibility index (Phi) is 2.03. The fourth-order valence-corrected chi connectivity index (χ4v) is 2.16. The highest BCUT2D eigenvalue weighted by Gasteiger charge is 2.50. The van der Waals surface area contributed by atoms with E-state index in [1.54, 1.807) is 0 Å². The third kappa shape index (κ3) is 1.56. The van der Waals surface area contributed by atoms with Gasteiger partial charge in [0.05, 0.1) is 18.8 Å². The highest BCUT2D eigenvalue weighted by atomic mass is 16.6. The Hall–Kier alpha value is -0.860. The van der Waals surface area contributed by atoms with E-state index < -0.39 is 0 Å². The fourth-order valence-electron chi connectivity index (χ4n) is 2.16. The molecule has 0 bridgehead atoms. The molecule has 3 atom stereocenters. The second-order valence-corrected chi connectivity index (χ2v) is 4.05. The van der Waals surface area contributed by atoms with Crippen molar-refractivity contribution in [1.29, 1.82) is 0 Å². The van der Waals surface area contributed by atoms with Crippen LogP contribution in [0.5, 0.6) is 0 Å². The quantitative estimate of drug-likeness (QED) is 0.681. The molecule has 1 aromatic rings. The van der Waals surface area contributed by atoms with Crippen molar-refractivity contribution in [3.63, 3.8) is 0 Å². The van der Waals surface area contributed by atoms with Crippen molar-refractivity contribution < 1.29 is 9.47 Å². The third-order valence-corrected chi connectivity index (χ3v) is 3.03. The summed E-state index contributed by atoms with van der Waals surface area (Å²) < 4.78 is 11.2. The molecule has 1 aromatic carbocycles. The molecule has 2 aliphatic rings. The molecule has 2 heteroatoms. The maximum absolute atomic E-state index is 5.82. The number of epoxide rings is 1. The van der Waals surface area contributed by atoms with Crippen LogP contribution < -0.4 is 0 Å². The number of hydrogen-bond acceptors (Lipinski definition) is 2. The Balaban J connectivity index is 1.54. The molecule has 1 saturated carbocycles. The SMILES string of the molecule is c1ccc(CO[C@H]2CC[C@H]3O[C@@H]23)cc1. The molecule has 1 aliphatic carbocycles. The summed E-state index contributed by atoms with van der Waals surface area (Å²) in [7, 11) is 0. The van der Waals surface area contributed by atoms with E-state index in [0.717, 1.165) is 6.61 Å². The molecule has 0 aromatic heterocycles. The summed E-state index contributed by atoms with van der Waals surface area (Å²) >= 11 is 0. The monoisotopic (exact) mass is 190 g/mol. The first-order valence-electron chi connectivity index (χ1n) is 5.24. The largest absolute Gasteiger partial charge is 0.371 e. The highest BCUT2D eigenvalue weighted by Crippen LogP contribution is 2.40. The molecule has 1 aliphatic heterocycles. The van der Waals surface area contributed by atoms with Crippen molar-refractivity contribution in [2.75, 3.05) is 0 Å². The van der Waals surface area contributed by atoms with E-state index in [1.165, 1.54) is 18.4 Å².